The number of aromatic nitrogens is 1. The van der Waals surface area contributed by atoms with Crippen molar-refractivity contribution in [2.75, 3.05) is 26.2 Å². The highest BCUT2D eigenvalue weighted by molar-refractivity contribution is 7.11. The summed E-state index contributed by atoms with van der Waals surface area (Å²) in [5, 5.41) is 8.02. The lowest BCUT2D eigenvalue weighted by Crippen LogP contribution is -2.45. The lowest BCUT2D eigenvalue weighted by atomic mass is 10.0. The molecular formula is C19H35N5S. The number of piperidine rings is 1. The molecule has 0 amide bonds. The third kappa shape index (κ3) is 6.26. The van der Waals surface area contributed by atoms with Crippen molar-refractivity contribution in [3.63, 3.8) is 0 Å². The van der Waals surface area contributed by atoms with Gasteiger partial charge in [-0.2, -0.15) is 0 Å². The highest BCUT2D eigenvalue weighted by atomic mass is 32.1. The summed E-state index contributed by atoms with van der Waals surface area (Å²) >= 11 is 1.80. The van der Waals surface area contributed by atoms with Crippen LogP contribution in [0, 0.1) is 13.8 Å². The van der Waals surface area contributed by atoms with Crippen molar-refractivity contribution in [3.8, 4) is 0 Å². The molecule has 1 fully saturated rings. The van der Waals surface area contributed by atoms with Crippen molar-refractivity contribution in [2.45, 2.75) is 72.4 Å². The zero-order valence-electron chi connectivity index (χ0n) is 16.6. The second-order valence-electron chi connectivity index (χ2n) is 7.08. The van der Waals surface area contributed by atoms with Gasteiger partial charge in [-0.15, -0.1) is 11.3 Å². The molecule has 2 rings (SSSR count). The third-order valence-electron chi connectivity index (χ3n) is 4.98. The summed E-state index contributed by atoms with van der Waals surface area (Å²) in [6.07, 6.45) is 4.96. The fourth-order valence-corrected chi connectivity index (χ4v) is 4.31. The van der Waals surface area contributed by atoms with Crippen molar-refractivity contribution in [2.24, 2.45) is 4.99 Å². The standard InChI is InChI=1S/C19H35N5S/c1-6-20-19(21-11-10-18-23-16(4)17(5)25-18)22-13-15(3)24-12-8-7-9-14(24)2/h14-15H,6-13H2,1-5H3,(H2,20,21,22). The Balaban J connectivity index is 1.82. The number of aryl methyl sites for hydroxylation is 2. The van der Waals surface area contributed by atoms with Crippen LogP contribution in [0.2, 0.25) is 0 Å². The SMILES string of the molecule is CCNC(=NCC(C)N1CCCCC1C)NCCc1nc(C)c(C)s1. The Morgan fingerprint density at radius 1 is 1.36 bits per heavy atom. The number of likely N-dealkylation sites (tertiary alicyclic amines) is 1. The molecule has 0 aromatic carbocycles. The van der Waals surface area contributed by atoms with E-state index in [1.165, 1.54) is 35.7 Å². The van der Waals surface area contributed by atoms with Gasteiger partial charge in [-0.3, -0.25) is 9.89 Å². The van der Waals surface area contributed by atoms with Crippen LogP contribution in [0.1, 0.15) is 55.6 Å². The highest BCUT2D eigenvalue weighted by Gasteiger charge is 2.22. The molecule has 0 radical (unpaired) electrons. The smallest absolute Gasteiger partial charge is 0.191 e. The zero-order valence-corrected chi connectivity index (χ0v) is 17.4. The largest absolute Gasteiger partial charge is 0.357 e. The Hall–Kier alpha value is -1.14. The maximum Gasteiger partial charge on any atom is 0.191 e. The molecule has 6 heteroatoms. The second kappa shape index (κ2) is 10.1. The summed E-state index contributed by atoms with van der Waals surface area (Å²) in [7, 11) is 0. The topological polar surface area (TPSA) is 52.6 Å². The quantitative estimate of drug-likeness (QED) is 0.576. The fraction of sp³-hybridized carbons (Fsp3) is 0.789. The molecule has 1 aromatic heterocycles. The molecule has 2 heterocycles. The van der Waals surface area contributed by atoms with E-state index in [0.29, 0.717) is 12.1 Å². The van der Waals surface area contributed by atoms with Crippen LogP contribution < -0.4 is 10.6 Å². The lowest BCUT2D eigenvalue weighted by Gasteiger charge is -2.37. The Morgan fingerprint density at radius 3 is 2.80 bits per heavy atom. The fourth-order valence-electron chi connectivity index (χ4n) is 3.38. The van der Waals surface area contributed by atoms with E-state index in [1.807, 2.05) is 0 Å². The van der Waals surface area contributed by atoms with Crippen molar-refractivity contribution >= 4 is 17.3 Å². The van der Waals surface area contributed by atoms with Gasteiger partial charge < -0.3 is 10.6 Å². The molecule has 0 spiro atoms. The summed E-state index contributed by atoms with van der Waals surface area (Å²) in [6, 6.07) is 1.18. The number of nitrogens with one attached hydrogen (secondary N) is 2. The van der Waals surface area contributed by atoms with E-state index in [4.69, 9.17) is 4.99 Å². The van der Waals surface area contributed by atoms with Gasteiger partial charge in [-0.25, -0.2) is 4.98 Å². The van der Waals surface area contributed by atoms with Crippen LogP contribution >= 0.6 is 11.3 Å². The van der Waals surface area contributed by atoms with Crippen LogP contribution in [-0.4, -0.2) is 54.1 Å². The summed E-state index contributed by atoms with van der Waals surface area (Å²) in [4.78, 5) is 13.3. The van der Waals surface area contributed by atoms with Crippen LogP contribution in [0.15, 0.2) is 4.99 Å². The van der Waals surface area contributed by atoms with Crippen LogP contribution in [0.5, 0.6) is 0 Å². The van der Waals surface area contributed by atoms with Gasteiger partial charge in [-0.05, 0) is 54.0 Å². The van der Waals surface area contributed by atoms with Crippen molar-refractivity contribution < 1.29 is 0 Å². The van der Waals surface area contributed by atoms with Crippen molar-refractivity contribution in [1.29, 1.82) is 0 Å². The van der Waals surface area contributed by atoms with Gasteiger partial charge in [-0.1, -0.05) is 6.42 Å². The van der Waals surface area contributed by atoms with Gasteiger partial charge in [0.2, 0.25) is 0 Å². The van der Waals surface area contributed by atoms with Gasteiger partial charge in [0.15, 0.2) is 5.96 Å². The number of hydrogen-bond acceptors (Lipinski definition) is 4. The average molecular weight is 366 g/mol. The zero-order chi connectivity index (χ0) is 18.2. The molecule has 2 unspecified atom stereocenters. The van der Waals surface area contributed by atoms with E-state index in [0.717, 1.165) is 37.7 Å². The molecule has 1 saturated heterocycles. The maximum atomic E-state index is 4.81. The summed E-state index contributed by atoms with van der Waals surface area (Å²) < 4.78 is 0. The molecule has 0 saturated carbocycles. The van der Waals surface area contributed by atoms with E-state index in [1.54, 1.807) is 11.3 Å². The molecule has 25 heavy (non-hydrogen) atoms. The van der Waals surface area contributed by atoms with E-state index in [9.17, 15) is 0 Å². The molecular weight excluding hydrogens is 330 g/mol. The first-order valence-corrected chi connectivity index (χ1v) is 10.5. The highest BCUT2D eigenvalue weighted by Crippen LogP contribution is 2.19. The number of hydrogen-bond donors (Lipinski definition) is 2. The first-order valence-electron chi connectivity index (χ1n) is 9.72. The van der Waals surface area contributed by atoms with Crippen LogP contribution in [0.3, 0.4) is 0 Å². The molecule has 142 valence electrons. The number of thiazole rings is 1. The predicted molar refractivity (Wildman–Crippen MR) is 109 cm³/mol. The molecule has 5 nitrogen and oxygen atoms in total. The van der Waals surface area contributed by atoms with Gasteiger partial charge in [0, 0.05) is 36.5 Å². The number of guanidine groups is 1. The van der Waals surface area contributed by atoms with E-state index in [-0.39, 0.29) is 0 Å². The molecule has 1 aliphatic heterocycles. The molecule has 2 N–H and O–H groups in total. The van der Waals surface area contributed by atoms with E-state index >= 15 is 0 Å². The minimum atomic E-state index is 0.495. The summed E-state index contributed by atoms with van der Waals surface area (Å²) in [5.74, 6) is 0.920. The number of aliphatic imine (C=N–C) groups is 1. The molecule has 2 atom stereocenters. The van der Waals surface area contributed by atoms with Crippen LogP contribution in [0.4, 0.5) is 0 Å². The lowest BCUT2D eigenvalue weighted by molar-refractivity contribution is 0.118. The van der Waals surface area contributed by atoms with E-state index in [2.05, 4.69) is 55.1 Å². The van der Waals surface area contributed by atoms with Crippen LogP contribution in [0.25, 0.3) is 0 Å². The Kier molecular flexibility index (Phi) is 8.16. The normalized spacial score (nSPS) is 20.5. The summed E-state index contributed by atoms with van der Waals surface area (Å²) in [6.45, 7) is 14.8. The second-order valence-corrected chi connectivity index (χ2v) is 8.36. The molecule has 1 aliphatic rings. The van der Waals surface area contributed by atoms with Gasteiger partial charge in [0.25, 0.3) is 0 Å². The average Bonchev–Trinajstić information content (AvgIpc) is 2.90. The van der Waals surface area contributed by atoms with E-state index < -0.39 is 0 Å². The van der Waals surface area contributed by atoms with Gasteiger partial charge >= 0.3 is 0 Å². The van der Waals surface area contributed by atoms with Gasteiger partial charge in [0.05, 0.1) is 17.2 Å². The molecule has 0 aliphatic carbocycles. The first-order chi connectivity index (χ1) is 12.0. The Morgan fingerprint density at radius 2 is 2.16 bits per heavy atom. The van der Waals surface area contributed by atoms with Gasteiger partial charge in [0.1, 0.15) is 0 Å². The monoisotopic (exact) mass is 365 g/mol. The minimum absolute atomic E-state index is 0.495. The Labute approximate surface area is 157 Å². The summed E-state index contributed by atoms with van der Waals surface area (Å²) in [5.41, 5.74) is 1.16. The number of nitrogens with zero attached hydrogens (tertiary/aromatic N) is 3. The van der Waals surface area contributed by atoms with Crippen molar-refractivity contribution in [3.05, 3.63) is 15.6 Å². The third-order valence-corrected chi connectivity index (χ3v) is 6.12. The van der Waals surface area contributed by atoms with Crippen LogP contribution in [-0.2, 0) is 6.42 Å². The Bertz CT molecular complexity index is 535. The van der Waals surface area contributed by atoms with Crippen molar-refractivity contribution in [1.82, 2.24) is 20.5 Å². The molecule has 0 bridgehead atoms. The maximum absolute atomic E-state index is 4.81. The minimum Gasteiger partial charge on any atom is -0.357 e. The molecule has 1 aromatic rings. The first kappa shape index (κ1) is 20.2. The predicted octanol–water partition coefficient (Wildman–Crippen LogP) is 3.12. The number of rotatable bonds is 7.